The van der Waals surface area contributed by atoms with Gasteiger partial charge in [0.1, 0.15) is 5.82 Å². The second-order valence-electron chi connectivity index (χ2n) is 8.59. The van der Waals surface area contributed by atoms with E-state index in [1.54, 1.807) is 17.4 Å². The van der Waals surface area contributed by atoms with E-state index < -0.39 is 0 Å². The Morgan fingerprint density at radius 2 is 1.97 bits per heavy atom. The third-order valence-corrected chi connectivity index (χ3v) is 7.51. The number of hydrogen-bond donors (Lipinski definition) is 0. The summed E-state index contributed by atoms with van der Waals surface area (Å²) in [6.45, 7) is 5.07. The smallest absolute Gasteiger partial charge is 0.213 e. The van der Waals surface area contributed by atoms with Crippen LogP contribution in [0.25, 0.3) is 27.3 Å². The van der Waals surface area contributed by atoms with E-state index in [0.717, 1.165) is 58.4 Å². The van der Waals surface area contributed by atoms with E-state index in [1.165, 1.54) is 6.07 Å². The summed E-state index contributed by atoms with van der Waals surface area (Å²) in [6.07, 6.45) is 0. The first-order chi connectivity index (χ1) is 16.6. The predicted molar refractivity (Wildman–Crippen MR) is 135 cm³/mol. The number of piperazine rings is 1. The highest BCUT2D eigenvalue weighted by atomic mass is 35.5. The van der Waals surface area contributed by atoms with Crippen LogP contribution in [0.3, 0.4) is 0 Å². The number of aromatic nitrogens is 4. The lowest BCUT2D eigenvalue weighted by atomic mass is 10.1. The van der Waals surface area contributed by atoms with Crippen LogP contribution in [0.1, 0.15) is 12.5 Å². The number of nitrogens with zero attached hydrogens (tertiary/aromatic N) is 6. The van der Waals surface area contributed by atoms with Gasteiger partial charge in [0.05, 0.1) is 10.4 Å². The highest BCUT2D eigenvalue weighted by Gasteiger charge is 2.28. The second-order valence-corrected chi connectivity index (χ2v) is 9.97. The number of halogens is 2. The van der Waals surface area contributed by atoms with Crippen LogP contribution in [0.4, 0.5) is 10.3 Å². The molecule has 1 atom stereocenters. The number of fused-ring (bicyclic) bond motifs is 3. The third kappa shape index (κ3) is 3.72. The Balaban J connectivity index is 1.40. The molecule has 1 unspecified atom stereocenters. The monoisotopic (exact) mass is 492 g/mol. The molecule has 0 aliphatic carbocycles. The van der Waals surface area contributed by atoms with Gasteiger partial charge in [-0.15, -0.1) is 21.5 Å². The van der Waals surface area contributed by atoms with E-state index in [2.05, 4.69) is 31.3 Å². The fourth-order valence-electron chi connectivity index (χ4n) is 4.63. The van der Waals surface area contributed by atoms with Crippen LogP contribution in [0.2, 0.25) is 5.02 Å². The Morgan fingerprint density at radius 3 is 2.76 bits per heavy atom. The topological polar surface area (TPSA) is 49.6 Å². The maximum Gasteiger partial charge on any atom is 0.213 e. The first kappa shape index (κ1) is 21.5. The van der Waals surface area contributed by atoms with Crippen LogP contribution in [0.15, 0.2) is 60.0 Å². The van der Waals surface area contributed by atoms with Crippen LogP contribution in [-0.4, -0.2) is 50.2 Å². The lowest BCUT2D eigenvalue weighted by Gasteiger charge is -2.40. The van der Waals surface area contributed by atoms with Crippen molar-refractivity contribution in [2.75, 3.05) is 24.5 Å². The summed E-state index contributed by atoms with van der Waals surface area (Å²) in [5, 5.41) is 12.7. The Hall–Kier alpha value is -3.07. The average Bonchev–Trinajstić information content (AvgIpc) is 3.51. The summed E-state index contributed by atoms with van der Waals surface area (Å²) < 4.78 is 16.3. The van der Waals surface area contributed by atoms with Crippen molar-refractivity contribution in [3.05, 3.63) is 76.4 Å². The summed E-state index contributed by atoms with van der Waals surface area (Å²) in [5.41, 5.74) is 2.28. The molecule has 1 saturated heterocycles. The molecule has 6 rings (SSSR count). The van der Waals surface area contributed by atoms with Gasteiger partial charge in [0, 0.05) is 48.2 Å². The minimum absolute atomic E-state index is 0.156. The molecule has 1 fully saturated rings. The highest BCUT2D eigenvalue weighted by Crippen LogP contribution is 2.32. The number of thiophene rings is 1. The van der Waals surface area contributed by atoms with Crippen molar-refractivity contribution in [1.29, 1.82) is 0 Å². The number of hydrogen-bond acceptors (Lipinski definition) is 6. The molecule has 6 nitrogen and oxygen atoms in total. The first-order valence-electron chi connectivity index (χ1n) is 11.2. The molecule has 1 aliphatic rings. The van der Waals surface area contributed by atoms with Crippen LogP contribution >= 0.6 is 22.9 Å². The fraction of sp³-hybridized carbons (Fsp3) is 0.240. The van der Waals surface area contributed by atoms with E-state index in [1.807, 2.05) is 47.8 Å². The third-order valence-electron chi connectivity index (χ3n) is 6.40. The van der Waals surface area contributed by atoms with Gasteiger partial charge < -0.3 is 4.90 Å². The Morgan fingerprint density at radius 1 is 1.09 bits per heavy atom. The van der Waals surface area contributed by atoms with E-state index in [4.69, 9.17) is 16.6 Å². The maximum absolute atomic E-state index is 14.2. The number of rotatable bonds is 4. The van der Waals surface area contributed by atoms with Crippen molar-refractivity contribution in [1.82, 2.24) is 24.5 Å². The molecule has 0 amide bonds. The number of benzene rings is 2. The van der Waals surface area contributed by atoms with Crippen molar-refractivity contribution in [3.63, 3.8) is 0 Å². The second kappa shape index (κ2) is 8.61. The van der Waals surface area contributed by atoms with Crippen molar-refractivity contribution in [3.8, 4) is 10.7 Å². The molecule has 0 spiro atoms. The summed E-state index contributed by atoms with van der Waals surface area (Å²) >= 11 is 7.92. The molecule has 3 aromatic heterocycles. The van der Waals surface area contributed by atoms with Crippen molar-refractivity contribution >= 4 is 45.4 Å². The zero-order valence-electron chi connectivity index (χ0n) is 18.5. The van der Waals surface area contributed by atoms with E-state index in [9.17, 15) is 4.39 Å². The Labute approximate surface area is 205 Å². The van der Waals surface area contributed by atoms with Crippen LogP contribution in [0.5, 0.6) is 0 Å². The van der Waals surface area contributed by atoms with Gasteiger partial charge >= 0.3 is 0 Å². The molecule has 0 bridgehead atoms. The molecule has 34 heavy (non-hydrogen) atoms. The summed E-state index contributed by atoms with van der Waals surface area (Å²) in [5.74, 6) is 1.43. The molecule has 2 aromatic carbocycles. The quantitative estimate of drug-likeness (QED) is 0.331. The first-order valence-corrected chi connectivity index (χ1v) is 12.4. The van der Waals surface area contributed by atoms with Gasteiger partial charge in [-0.3, -0.25) is 4.90 Å². The van der Waals surface area contributed by atoms with Gasteiger partial charge in [-0.1, -0.05) is 35.9 Å². The van der Waals surface area contributed by atoms with Gasteiger partial charge in [-0.25, -0.2) is 13.8 Å². The van der Waals surface area contributed by atoms with Gasteiger partial charge in [-0.05, 0) is 42.6 Å². The molecule has 0 radical (unpaired) electrons. The maximum atomic E-state index is 14.2. The van der Waals surface area contributed by atoms with Gasteiger partial charge in [0.15, 0.2) is 11.5 Å². The minimum Gasteiger partial charge on any atom is -0.339 e. The zero-order valence-corrected chi connectivity index (χ0v) is 20.1. The summed E-state index contributed by atoms with van der Waals surface area (Å²) in [4.78, 5) is 10.7. The lowest BCUT2D eigenvalue weighted by molar-refractivity contribution is 0.178. The Bertz CT molecular complexity index is 1480. The van der Waals surface area contributed by atoms with Gasteiger partial charge in [-0.2, -0.15) is 0 Å². The van der Waals surface area contributed by atoms with Crippen LogP contribution in [-0.2, 0) is 6.54 Å². The van der Waals surface area contributed by atoms with Crippen molar-refractivity contribution in [2.45, 2.75) is 19.5 Å². The molecule has 9 heteroatoms. The molecule has 4 heterocycles. The van der Waals surface area contributed by atoms with Gasteiger partial charge in [0.25, 0.3) is 0 Å². The predicted octanol–water partition coefficient (Wildman–Crippen LogP) is 5.51. The standard InChI is InChI=1S/C25H22ClFN6S/c1-16-14-32(11-10-31(16)15-17-5-2-3-6-20(17)27)25-28-21-13-18(26)8-9-19(21)23-29-30-24(33(23)25)22-7-4-12-34-22/h2-9,12-13,16H,10-11,14-15H2,1H3. The fourth-order valence-corrected chi connectivity index (χ4v) is 5.49. The van der Waals surface area contributed by atoms with E-state index in [-0.39, 0.29) is 11.9 Å². The van der Waals surface area contributed by atoms with Gasteiger partial charge in [0.2, 0.25) is 5.95 Å². The van der Waals surface area contributed by atoms with E-state index >= 15 is 0 Å². The van der Waals surface area contributed by atoms with Crippen LogP contribution in [0, 0.1) is 5.82 Å². The lowest BCUT2D eigenvalue weighted by Crippen LogP contribution is -2.52. The molecule has 1 aliphatic heterocycles. The molecule has 172 valence electrons. The van der Waals surface area contributed by atoms with E-state index in [0.29, 0.717) is 11.6 Å². The zero-order chi connectivity index (χ0) is 23.2. The molecular weight excluding hydrogens is 471 g/mol. The summed E-state index contributed by atoms with van der Waals surface area (Å²) in [6, 6.07) is 16.9. The Kier molecular flexibility index (Phi) is 5.44. The van der Waals surface area contributed by atoms with Crippen LogP contribution < -0.4 is 4.90 Å². The highest BCUT2D eigenvalue weighted by molar-refractivity contribution is 7.13. The average molecular weight is 493 g/mol. The van der Waals surface area contributed by atoms with Crippen molar-refractivity contribution in [2.24, 2.45) is 0 Å². The molecule has 0 saturated carbocycles. The minimum atomic E-state index is -0.156. The largest absolute Gasteiger partial charge is 0.339 e. The molecule has 5 aromatic rings. The normalized spacial score (nSPS) is 17.1. The number of anilines is 1. The molecule has 0 N–H and O–H groups in total. The molecular formula is C25H22ClFN6S. The SMILES string of the molecule is CC1CN(c2nc3cc(Cl)ccc3c3nnc(-c4cccs4)n23)CCN1Cc1ccccc1F. The summed E-state index contributed by atoms with van der Waals surface area (Å²) in [7, 11) is 0. The van der Waals surface area contributed by atoms with Crippen molar-refractivity contribution < 1.29 is 4.39 Å².